The van der Waals surface area contributed by atoms with E-state index in [2.05, 4.69) is 83.8 Å². The van der Waals surface area contributed by atoms with Crippen LogP contribution in [0.2, 0.25) is 0 Å². The van der Waals surface area contributed by atoms with Crippen LogP contribution >= 0.6 is 0 Å². The van der Waals surface area contributed by atoms with Crippen LogP contribution in [0.1, 0.15) is 5.56 Å². The van der Waals surface area contributed by atoms with Gasteiger partial charge in [-0.05, 0) is 74.1 Å². The highest BCUT2D eigenvalue weighted by Gasteiger charge is 2.10. The lowest BCUT2D eigenvalue weighted by atomic mass is 9.93. The van der Waals surface area contributed by atoms with Crippen molar-refractivity contribution in [2.45, 2.75) is 0 Å². The highest BCUT2D eigenvalue weighted by atomic mass is 14.9. The molecule has 1 heterocycles. The summed E-state index contributed by atoms with van der Waals surface area (Å²) >= 11 is 0. The van der Waals surface area contributed by atoms with E-state index in [9.17, 15) is 0 Å². The summed E-state index contributed by atoms with van der Waals surface area (Å²) in [6.07, 6.45) is 1.89. The van der Waals surface area contributed by atoms with Gasteiger partial charge in [0.05, 0.1) is 17.1 Å². The molecular formula is C35H21N3. The Labute approximate surface area is 220 Å². The molecule has 0 aliphatic carbocycles. The van der Waals surface area contributed by atoms with Gasteiger partial charge in [0.25, 0.3) is 0 Å². The van der Waals surface area contributed by atoms with E-state index in [4.69, 9.17) is 10.2 Å². The van der Waals surface area contributed by atoms with Crippen molar-refractivity contribution in [3.63, 3.8) is 0 Å². The summed E-state index contributed by atoms with van der Waals surface area (Å²) in [5.41, 5.74) is 7.26. The maximum absolute atomic E-state index is 9.13. The first kappa shape index (κ1) is 21.9. The van der Waals surface area contributed by atoms with Gasteiger partial charge in [-0.2, -0.15) is 5.26 Å². The molecule has 0 saturated heterocycles. The SMILES string of the molecule is N#Cc1ccc(-c2cccc3cc(-c4ccc5c(-c6ncc7ccccc7n6)cccc5c4)ccc23)cc1. The Morgan fingerprint density at radius 2 is 1.13 bits per heavy atom. The second-order valence-corrected chi connectivity index (χ2v) is 9.42. The Bertz CT molecular complexity index is 2030. The lowest BCUT2D eigenvalue weighted by molar-refractivity contribution is 1.23. The lowest BCUT2D eigenvalue weighted by Gasteiger charge is -2.11. The molecule has 7 aromatic rings. The van der Waals surface area contributed by atoms with Gasteiger partial charge in [-0.25, -0.2) is 9.97 Å². The maximum Gasteiger partial charge on any atom is 0.160 e. The van der Waals surface area contributed by atoms with E-state index in [1.54, 1.807) is 0 Å². The molecular weight excluding hydrogens is 462 g/mol. The van der Waals surface area contributed by atoms with E-state index < -0.39 is 0 Å². The number of hydrogen-bond donors (Lipinski definition) is 0. The van der Waals surface area contributed by atoms with E-state index in [0.29, 0.717) is 5.56 Å². The van der Waals surface area contributed by atoms with Crippen molar-refractivity contribution < 1.29 is 0 Å². The smallest absolute Gasteiger partial charge is 0.160 e. The number of benzene rings is 6. The maximum atomic E-state index is 9.13. The Kier molecular flexibility index (Phi) is 5.17. The molecule has 6 aromatic carbocycles. The number of aromatic nitrogens is 2. The molecule has 0 amide bonds. The quantitative estimate of drug-likeness (QED) is 0.252. The molecule has 0 atom stereocenters. The third-order valence-corrected chi connectivity index (χ3v) is 7.15. The van der Waals surface area contributed by atoms with Gasteiger partial charge in [0.2, 0.25) is 0 Å². The van der Waals surface area contributed by atoms with Gasteiger partial charge in [0.1, 0.15) is 0 Å². The van der Waals surface area contributed by atoms with Crippen LogP contribution in [-0.2, 0) is 0 Å². The molecule has 0 aliphatic rings. The number of fused-ring (bicyclic) bond motifs is 3. The van der Waals surface area contributed by atoms with Crippen molar-refractivity contribution in [1.82, 2.24) is 9.97 Å². The molecule has 3 nitrogen and oxygen atoms in total. The highest BCUT2D eigenvalue weighted by molar-refractivity contribution is 6.01. The normalized spacial score (nSPS) is 11.1. The molecule has 38 heavy (non-hydrogen) atoms. The largest absolute Gasteiger partial charge is 0.236 e. The summed E-state index contributed by atoms with van der Waals surface area (Å²) in [4.78, 5) is 9.48. The van der Waals surface area contributed by atoms with Crippen molar-refractivity contribution in [1.29, 1.82) is 5.26 Å². The molecule has 176 valence electrons. The lowest BCUT2D eigenvalue weighted by Crippen LogP contribution is -1.91. The van der Waals surface area contributed by atoms with Crippen LogP contribution in [0.25, 0.3) is 66.1 Å². The highest BCUT2D eigenvalue weighted by Crippen LogP contribution is 2.34. The van der Waals surface area contributed by atoms with Crippen molar-refractivity contribution in [2.24, 2.45) is 0 Å². The number of para-hydroxylation sites is 1. The van der Waals surface area contributed by atoms with Crippen LogP contribution in [0.5, 0.6) is 0 Å². The molecule has 3 heteroatoms. The summed E-state index contributed by atoms with van der Waals surface area (Å²) in [7, 11) is 0. The molecule has 0 bridgehead atoms. The molecule has 0 saturated carbocycles. The molecule has 0 spiro atoms. The minimum absolute atomic E-state index is 0.669. The Hall–Kier alpha value is -5.33. The monoisotopic (exact) mass is 483 g/mol. The van der Waals surface area contributed by atoms with Gasteiger partial charge >= 0.3 is 0 Å². The van der Waals surface area contributed by atoms with E-state index in [0.717, 1.165) is 44.2 Å². The standard InChI is InChI=1S/C35H21N3/c36-21-23-11-13-24(14-12-23)30-8-3-6-27-19-25(15-17-31(27)30)26-16-18-32-28(20-26)7-4-9-33(32)35-37-22-29-5-1-2-10-34(29)38-35/h1-20,22H. The summed E-state index contributed by atoms with van der Waals surface area (Å²) in [6, 6.07) is 44.0. The number of nitriles is 1. The molecule has 0 N–H and O–H groups in total. The zero-order valence-corrected chi connectivity index (χ0v) is 20.5. The molecule has 0 aliphatic heterocycles. The van der Waals surface area contributed by atoms with Crippen LogP contribution in [0, 0.1) is 11.3 Å². The van der Waals surface area contributed by atoms with Gasteiger partial charge in [-0.15, -0.1) is 0 Å². The third kappa shape index (κ3) is 3.77. The number of hydrogen-bond acceptors (Lipinski definition) is 3. The fraction of sp³-hybridized carbons (Fsp3) is 0. The Morgan fingerprint density at radius 1 is 0.526 bits per heavy atom. The molecule has 0 radical (unpaired) electrons. The van der Waals surface area contributed by atoms with Gasteiger partial charge in [-0.3, -0.25) is 0 Å². The zero-order valence-electron chi connectivity index (χ0n) is 20.5. The van der Waals surface area contributed by atoms with Crippen LogP contribution < -0.4 is 0 Å². The van der Waals surface area contributed by atoms with Gasteiger partial charge in [0.15, 0.2) is 5.82 Å². The molecule has 7 rings (SSSR count). The average molecular weight is 484 g/mol. The predicted octanol–water partition coefficient (Wildman–Crippen LogP) is 8.81. The first-order valence-corrected chi connectivity index (χ1v) is 12.6. The second-order valence-electron chi connectivity index (χ2n) is 9.42. The first-order chi connectivity index (χ1) is 18.8. The topological polar surface area (TPSA) is 49.6 Å². The summed E-state index contributed by atoms with van der Waals surface area (Å²) < 4.78 is 0. The van der Waals surface area contributed by atoms with E-state index in [1.807, 2.05) is 54.7 Å². The van der Waals surface area contributed by atoms with Crippen LogP contribution in [0.3, 0.4) is 0 Å². The van der Waals surface area contributed by atoms with Crippen LogP contribution in [-0.4, -0.2) is 9.97 Å². The average Bonchev–Trinajstić information content (AvgIpc) is 2.99. The van der Waals surface area contributed by atoms with E-state index in [1.165, 1.54) is 21.9 Å². The minimum atomic E-state index is 0.669. The Balaban J connectivity index is 1.29. The van der Waals surface area contributed by atoms with Crippen molar-refractivity contribution in [3.8, 4) is 39.7 Å². The fourth-order valence-electron chi connectivity index (χ4n) is 5.20. The minimum Gasteiger partial charge on any atom is -0.236 e. The van der Waals surface area contributed by atoms with E-state index in [-0.39, 0.29) is 0 Å². The number of nitrogens with zero attached hydrogens (tertiary/aromatic N) is 3. The molecule has 0 unspecified atom stereocenters. The van der Waals surface area contributed by atoms with E-state index >= 15 is 0 Å². The summed E-state index contributed by atoms with van der Waals surface area (Å²) in [6.45, 7) is 0. The van der Waals surface area contributed by atoms with Crippen molar-refractivity contribution in [2.75, 3.05) is 0 Å². The summed E-state index contributed by atoms with van der Waals surface area (Å²) in [5, 5.41) is 14.8. The van der Waals surface area contributed by atoms with Crippen LogP contribution in [0.15, 0.2) is 128 Å². The predicted molar refractivity (Wildman–Crippen MR) is 156 cm³/mol. The van der Waals surface area contributed by atoms with Crippen molar-refractivity contribution >= 4 is 32.4 Å². The molecule has 1 aromatic heterocycles. The van der Waals surface area contributed by atoms with Gasteiger partial charge in [0, 0.05) is 17.1 Å². The van der Waals surface area contributed by atoms with Gasteiger partial charge < -0.3 is 0 Å². The Morgan fingerprint density at radius 3 is 1.84 bits per heavy atom. The number of rotatable bonds is 3. The second kappa shape index (κ2) is 8.96. The fourth-order valence-corrected chi connectivity index (χ4v) is 5.20. The zero-order chi connectivity index (χ0) is 25.5. The third-order valence-electron chi connectivity index (χ3n) is 7.15. The van der Waals surface area contributed by atoms with Crippen LogP contribution in [0.4, 0.5) is 0 Å². The molecule has 0 fully saturated rings. The van der Waals surface area contributed by atoms with Gasteiger partial charge in [-0.1, -0.05) is 91.0 Å². The van der Waals surface area contributed by atoms with Crippen molar-refractivity contribution in [3.05, 3.63) is 133 Å². The summed E-state index contributed by atoms with van der Waals surface area (Å²) in [5.74, 6) is 0.739. The first-order valence-electron chi connectivity index (χ1n) is 12.6.